The number of benzene rings is 1. The fourth-order valence-corrected chi connectivity index (χ4v) is 6.88. The molecule has 0 bridgehead atoms. The third-order valence-electron chi connectivity index (χ3n) is 8.74. The van der Waals surface area contributed by atoms with Crippen molar-refractivity contribution in [1.82, 2.24) is 30.2 Å². The van der Waals surface area contributed by atoms with Gasteiger partial charge in [0.05, 0.1) is 15.9 Å². The van der Waals surface area contributed by atoms with Crippen LogP contribution in [-0.4, -0.2) is 76.8 Å². The largest absolute Gasteiger partial charge is 0.461 e. The van der Waals surface area contributed by atoms with Crippen molar-refractivity contribution in [1.29, 1.82) is 0 Å². The summed E-state index contributed by atoms with van der Waals surface area (Å²) in [5.41, 5.74) is 6.58. The summed E-state index contributed by atoms with van der Waals surface area (Å²) in [7, 11) is 1.97. The van der Waals surface area contributed by atoms with Crippen molar-refractivity contribution in [3.8, 4) is 17.4 Å². The van der Waals surface area contributed by atoms with E-state index >= 15 is 4.39 Å². The standard InChI is InChI=1S/C29H32ClFN8O/c1-38(15-17-12-33-13-17)27-19-14-34-26(25-22-18(11-21(32)35-25)5-2-6-20(22)30)23(31)24(19)36-28(37-27)40-16-29-7-3-9-39(29)10-4-8-29/h2,5-6,11,14,17,33H,3-4,7-10,12-13,15-16H2,1H3,(H2,32,35). The average molecular weight is 563 g/mol. The third kappa shape index (κ3) is 4.29. The van der Waals surface area contributed by atoms with Gasteiger partial charge in [0.1, 0.15) is 35.1 Å². The second-order valence-electron chi connectivity index (χ2n) is 11.4. The van der Waals surface area contributed by atoms with Crippen LogP contribution in [0.4, 0.5) is 16.0 Å². The fourth-order valence-electron chi connectivity index (χ4n) is 6.61. The summed E-state index contributed by atoms with van der Waals surface area (Å²) in [5.74, 6) is 0.737. The summed E-state index contributed by atoms with van der Waals surface area (Å²) in [6.45, 7) is 5.35. The number of anilines is 2. The van der Waals surface area contributed by atoms with E-state index in [0.29, 0.717) is 34.1 Å². The topological polar surface area (TPSA) is 105 Å². The van der Waals surface area contributed by atoms with Crippen molar-refractivity contribution in [2.24, 2.45) is 5.92 Å². The van der Waals surface area contributed by atoms with Gasteiger partial charge in [-0.15, -0.1) is 0 Å². The molecule has 9 nitrogen and oxygen atoms in total. The van der Waals surface area contributed by atoms with E-state index in [9.17, 15) is 0 Å². The van der Waals surface area contributed by atoms with Crippen molar-refractivity contribution in [2.75, 3.05) is 57.0 Å². The first kappa shape index (κ1) is 25.6. The molecule has 1 aromatic carbocycles. The van der Waals surface area contributed by atoms with Gasteiger partial charge in [-0.05, 0) is 56.3 Å². The van der Waals surface area contributed by atoms with Crippen molar-refractivity contribution >= 4 is 44.9 Å². The Labute approximate surface area is 236 Å². The summed E-state index contributed by atoms with van der Waals surface area (Å²) < 4.78 is 22.8. The predicted molar refractivity (Wildman–Crippen MR) is 155 cm³/mol. The Bertz CT molecular complexity index is 1600. The van der Waals surface area contributed by atoms with Crippen molar-refractivity contribution < 1.29 is 9.13 Å². The Hall–Kier alpha value is -3.34. The summed E-state index contributed by atoms with van der Waals surface area (Å²) in [6.07, 6.45) is 6.14. The second-order valence-corrected chi connectivity index (χ2v) is 11.8. The van der Waals surface area contributed by atoms with Crippen molar-refractivity contribution in [2.45, 2.75) is 31.2 Å². The highest BCUT2D eigenvalue weighted by Crippen LogP contribution is 2.40. The maximum absolute atomic E-state index is 16.5. The first-order valence-corrected chi connectivity index (χ1v) is 14.3. The van der Waals surface area contributed by atoms with E-state index in [1.165, 1.54) is 12.8 Å². The Balaban J connectivity index is 1.34. The number of ether oxygens (including phenoxy) is 1. The van der Waals surface area contributed by atoms with E-state index < -0.39 is 5.82 Å². The lowest BCUT2D eigenvalue weighted by Crippen LogP contribution is -2.47. The molecule has 4 aromatic rings. The molecule has 0 spiro atoms. The number of halogens is 2. The van der Waals surface area contributed by atoms with Gasteiger partial charge in [0.2, 0.25) is 0 Å². The average Bonchev–Trinajstić information content (AvgIpc) is 3.50. The van der Waals surface area contributed by atoms with Gasteiger partial charge in [-0.2, -0.15) is 9.97 Å². The lowest BCUT2D eigenvalue weighted by Gasteiger charge is -2.33. The molecule has 0 aliphatic carbocycles. The molecule has 3 aromatic heterocycles. The SMILES string of the molecule is CN(CC1CNC1)c1nc(OCC23CCCN2CCC3)nc2c(F)c(-c3nc(N)cc4cccc(Cl)c34)ncc12. The highest BCUT2D eigenvalue weighted by Gasteiger charge is 2.45. The van der Waals surface area contributed by atoms with Crippen LogP contribution in [0.1, 0.15) is 25.7 Å². The number of nitrogens with one attached hydrogen (secondary N) is 1. The van der Waals surface area contributed by atoms with Gasteiger partial charge in [0, 0.05) is 44.2 Å². The van der Waals surface area contributed by atoms with Gasteiger partial charge in [0.15, 0.2) is 5.82 Å². The molecule has 208 valence electrons. The number of nitrogens with two attached hydrogens (primary N) is 1. The van der Waals surface area contributed by atoms with Crippen LogP contribution < -0.4 is 20.7 Å². The lowest BCUT2D eigenvalue weighted by atomic mass is 9.95. The zero-order chi connectivity index (χ0) is 27.4. The summed E-state index contributed by atoms with van der Waals surface area (Å²) >= 11 is 6.55. The van der Waals surface area contributed by atoms with E-state index in [1.54, 1.807) is 18.3 Å². The number of hydrogen-bond acceptors (Lipinski definition) is 9. The number of nitrogen functional groups attached to an aromatic ring is 1. The number of nitrogens with zero attached hydrogens (tertiary/aromatic N) is 6. The maximum atomic E-state index is 16.5. The number of hydrogen-bond donors (Lipinski definition) is 2. The Morgan fingerprint density at radius 3 is 2.73 bits per heavy atom. The van der Waals surface area contributed by atoms with Gasteiger partial charge in [-0.25, -0.2) is 9.37 Å². The summed E-state index contributed by atoms with van der Waals surface area (Å²) in [4.78, 5) is 23.0. The highest BCUT2D eigenvalue weighted by molar-refractivity contribution is 6.36. The Kier molecular flexibility index (Phi) is 6.36. The molecule has 0 radical (unpaired) electrons. The van der Waals surface area contributed by atoms with Gasteiger partial charge in [-0.1, -0.05) is 23.7 Å². The van der Waals surface area contributed by atoms with E-state index in [4.69, 9.17) is 27.1 Å². The minimum absolute atomic E-state index is 0.0189. The van der Waals surface area contributed by atoms with Crippen LogP contribution >= 0.6 is 11.6 Å². The van der Waals surface area contributed by atoms with Gasteiger partial charge in [0.25, 0.3) is 0 Å². The van der Waals surface area contributed by atoms with Gasteiger partial charge >= 0.3 is 6.01 Å². The van der Waals surface area contributed by atoms with E-state index in [0.717, 1.165) is 51.0 Å². The van der Waals surface area contributed by atoms with Gasteiger partial charge in [-0.3, -0.25) is 9.88 Å². The molecule has 3 fully saturated rings. The molecule has 0 atom stereocenters. The first-order chi connectivity index (χ1) is 19.4. The predicted octanol–water partition coefficient (Wildman–Crippen LogP) is 4.28. The van der Waals surface area contributed by atoms with Crippen LogP contribution in [0, 0.1) is 11.7 Å². The van der Waals surface area contributed by atoms with Crippen LogP contribution in [0.25, 0.3) is 33.1 Å². The molecule has 40 heavy (non-hydrogen) atoms. The molecule has 7 rings (SSSR count). The van der Waals surface area contributed by atoms with Gasteiger partial charge < -0.3 is 20.7 Å². The molecule has 0 saturated carbocycles. The lowest BCUT2D eigenvalue weighted by molar-refractivity contribution is 0.108. The number of rotatable bonds is 7. The fraction of sp³-hybridized carbons (Fsp3) is 0.448. The molecule has 11 heteroatoms. The summed E-state index contributed by atoms with van der Waals surface area (Å²) in [5, 5.41) is 5.62. The smallest absolute Gasteiger partial charge is 0.319 e. The monoisotopic (exact) mass is 562 g/mol. The molecule has 3 aliphatic heterocycles. The van der Waals surface area contributed by atoms with Crippen LogP contribution in [0.2, 0.25) is 5.02 Å². The number of fused-ring (bicyclic) bond motifs is 3. The third-order valence-corrected chi connectivity index (χ3v) is 9.05. The minimum Gasteiger partial charge on any atom is -0.461 e. The van der Waals surface area contributed by atoms with Crippen LogP contribution in [-0.2, 0) is 0 Å². The van der Waals surface area contributed by atoms with Crippen LogP contribution in [0.15, 0.2) is 30.5 Å². The zero-order valence-corrected chi connectivity index (χ0v) is 23.2. The summed E-state index contributed by atoms with van der Waals surface area (Å²) in [6, 6.07) is 7.33. The Morgan fingerprint density at radius 2 is 1.98 bits per heavy atom. The maximum Gasteiger partial charge on any atom is 0.319 e. The van der Waals surface area contributed by atoms with Crippen LogP contribution in [0.5, 0.6) is 6.01 Å². The quantitative estimate of drug-likeness (QED) is 0.341. The molecule has 0 amide bonds. The minimum atomic E-state index is -0.606. The van der Waals surface area contributed by atoms with Crippen LogP contribution in [0.3, 0.4) is 0 Å². The van der Waals surface area contributed by atoms with Crippen molar-refractivity contribution in [3.63, 3.8) is 0 Å². The Morgan fingerprint density at radius 1 is 1.18 bits per heavy atom. The molecule has 3 saturated heterocycles. The second kappa shape index (κ2) is 9.94. The number of aromatic nitrogens is 4. The molecule has 6 heterocycles. The van der Waals surface area contributed by atoms with E-state index in [1.807, 2.05) is 24.1 Å². The molecule has 0 unspecified atom stereocenters. The first-order valence-electron chi connectivity index (χ1n) is 13.9. The molecular weight excluding hydrogens is 531 g/mol. The molecule has 3 aliphatic rings. The van der Waals surface area contributed by atoms with E-state index in [2.05, 4.69) is 25.2 Å². The normalized spacial score (nSPS) is 18.8. The zero-order valence-electron chi connectivity index (χ0n) is 22.5. The molecule has 3 N–H and O–H groups in total. The number of pyridine rings is 2. The van der Waals surface area contributed by atoms with Crippen molar-refractivity contribution in [3.05, 3.63) is 41.3 Å². The van der Waals surface area contributed by atoms with E-state index in [-0.39, 0.29) is 34.3 Å². The molecular formula is C29H32ClFN8O. The highest BCUT2D eigenvalue weighted by atomic mass is 35.5.